The number of ether oxygens (including phenoxy) is 3. The van der Waals surface area contributed by atoms with Crippen molar-refractivity contribution in [1.29, 1.82) is 0 Å². The number of aromatic hydroxyl groups is 2. The molecule has 1 aromatic heterocycles. The highest BCUT2D eigenvalue weighted by molar-refractivity contribution is 5.87. The predicted molar refractivity (Wildman–Crippen MR) is 134 cm³/mol. The number of carbonyl (C=O) groups is 2. The number of hydrogen-bond acceptors (Lipinski definition) is 9. The van der Waals surface area contributed by atoms with Crippen molar-refractivity contribution in [3.8, 4) is 28.4 Å². The fourth-order valence-electron chi connectivity index (χ4n) is 4.05. The lowest BCUT2D eigenvalue weighted by molar-refractivity contribution is -0.143. The summed E-state index contributed by atoms with van der Waals surface area (Å²) in [6, 6.07) is 15.6. The maximum Gasteiger partial charge on any atom is 0.343 e. The Morgan fingerprint density at radius 3 is 2.38 bits per heavy atom. The Balaban J connectivity index is 1.85. The van der Waals surface area contributed by atoms with Gasteiger partial charge >= 0.3 is 11.9 Å². The quantitative estimate of drug-likeness (QED) is 0.340. The van der Waals surface area contributed by atoms with Crippen molar-refractivity contribution in [2.75, 3.05) is 20.8 Å². The molecule has 0 saturated heterocycles. The molecule has 4 aromatic rings. The highest BCUT2D eigenvalue weighted by Gasteiger charge is 2.27. The van der Waals surface area contributed by atoms with E-state index in [1.807, 2.05) is 0 Å². The molecular formula is C28H24O9. The van der Waals surface area contributed by atoms with Crippen LogP contribution in [0.5, 0.6) is 17.2 Å². The van der Waals surface area contributed by atoms with Crippen LogP contribution in [0.2, 0.25) is 0 Å². The topological polar surface area (TPSA) is 132 Å². The predicted octanol–water partition coefficient (Wildman–Crippen LogP) is 4.12. The number of benzene rings is 3. The Bertz CT molecular complexity index is 1500. The normalized spacial score (nSPS) is 11.6. The molecule has 190 valence electrons. The fourth-order valence-corrected chi connectivity index (χ4v) is 4.05. The van der Waals surface area contributed by atoms with Gasteiger partial charge in [-0.1, -0.05) is 24.3 Å². The second kappa shape index (κ2) is 10.9. The van der Waals surface area contributed by atoms with Gasteiger partial charge in [-0.3, -0.25) is 9.59 Å². The van der Waals surface area contributed by atoms with Crippen molar-refractivity contribution in [2.24, 2.45) is 0 Å². The van der Waals surface area contributed by atoms with Crippen LogP contribution in [0.25, 0.3) is 22.1 Å². The van der Waals surface area contributed by atoms with Crippen molar-refractivity contribution in [3.05, 3.63) is 88.3 Å². The second-order valence-corrected chi connectivity index (χ2v) is 8.17. The molecule has 0 aliphatic rings. The molecule has 9 nitrogen and oxygen atoms in total. The summed E-state index contributed by atoms with van der Waals surface area (Å²) in [6.45, 7) is -0.309. The molecule has 0 fully saturated rings. The van der Waals surface area contributed by atoms with E-state index < -0.39 is 17.9 Å². The molecule has 0 aliphatic carbocycles. The molecule has 0 bridgehead atoms. The third-order valence-corrected chi connectivity index (χ3v) is 5.93. The van der Waals surface area contributed by atoms with Crippen LogP contribution < -0.4 is 10.2 Å². The molecule has 37 heavy (non-hydrogen) atoms. The number of carbonyl (C=O) groups excluding carboxylic acids is 2. The first-order valence-electron chi connectivity index (χ1n) is 11.3. The molecule has 0 saturated carbocycles. The zero-order valence-electron chi connectivity index (χ0n) is 20.1. The summed E-state index contributed by atoms with van der Waals surface area (Å²) in [5, 5.41) is 20.6. The number of hydrogen-bond donors (Lipinski definition) is 2. The van der Waals surface area contributed by atoms with Gasteiger partial charge in [-0.15, -0.1) is 0 Å². The molecule has 0 radical (unpaired) electrons. The number of fused-ring (bicyclic) bond motifs is 1. The smallest absolute Gasteiger partial charge is 0.343 e. The first-order chi connectivity index (χ1) is 17.8. The third kappa shape index (κ3) is 5.40. The second-order valence-electron chi connectivity index (χ2n) is 8.17. The van der Waals surface area contributed by atoms with Gasteiger partial charge in [0.2, 0.25) is 5.43 Å². The van der Waals surface area contributed by atoms with Crippen LogP contribution in [-0.4, -0.2) is 43.0 Å². The minimum atomic E-state index is -0.777. The Morgan fingerprint density at radius 1 is 0.946 bits per heavy atom. The molecule has 0 spiro atoms. The van der Waals surface area contributed by atoms with Crippen molar-refractivity contribution >= 4 is 22.9 Å². The van der Waals surface area contributed by atoms with Crippen LogP contribution in [0.3, 0.4) is 0 Å². The number of rotatable bonds is 8. The van der Waals surface area contributed by atoms with Gasteiger partial charge in [0.1, 0.15) is 29.1 Å². The highest BCUT2D eigenvalue weighted by Crippen LogP contribution is 2.40. The van der Waals surface area contributed by atoms with E-state index in [1.54, 1.807) is 36.4 Å². The highest BCUT2D eigenvalue weighted by atomic mass is 16.6. The molecule has 1 heterocycles. The minimum Gasteiger partial charge on any atom is -0.508 e. The third-order valence-electron chi connectivity index (χ3n) is 5.93. The van der Waals surface area contributed by atoms with Crippen molar-refractivity contribution < 1.29 is 38.4 Å². The molecule has 0 aliphatic heterocycles. The lowest BCUT2D eigenvalue weighted by atomic mass is 9.86. The monoisotopic (exact) mass is 504 g/mol. The summed E-state index contributed by atoms with van der Waals surface area (Å²) in [5.74, 6) is -1.67. The standard InChI is InChI=1S/C28H24O9/c1-34-24(31)13-21(17-4-3-5-19(12-17)36-15-25(32)35-2)26-23(30)11-10-20-27(33)22(14-37-28(20)26)16-6-8-18(29)9-7-16/h3-12,14,21,29-30H,13,15H2,1-2H3/t21-/m0/s1. The SMILES string of the molecule is COC(=O)COc1cccc([C@H](CC(=O)OC)c2c(O)ccc3c(=O)c(-c4ccc(O)cc4)coc23)c1. The van der Waals surface area contributed by atoms with Gasteiger partial charge in [0.15, 0.2) is 6.61 Å². The first kappa shape index (κ1) is 25.3. The first-order valence-corrected chi connectivity index (χ1v) is 11.3. The lowest BCUT2D eigenvalue weighted by Crippen LogP contribution is -2.14. The Labute approximate surface area is 211 Å². The molecule has 1 atom stereocenters. The number of methoxy groups -OCH3 is 2. The molecular weight excluding hydrogens is 480 g/mol. The molecule has 4 rings (SSSR count). The molecule has 2 N–H and O–H groups in total. The summed E-state index contributed by atoms with van der Waals surface area (Å²) in [5.41, 5.74) is 1.36. The summed E-state index contributed by atoms with van der Waals surface area (Å²) in [6.07, 6.45) is 1.11. The summed E-state index contributed by atoms with van der Waals surface area (Å²) < 4.78 is 20.9. The van der Waals surface area contributed by atoms with Gasteiger partial charge < -0.3 is 28.8 Å². The maximum absolute atomic E-state index is 13.4. The fraction of sp³-hybridized carbons (Fsp3) is 0.179. The molecule has 3 aromatic carbocycles. The van der Waals surface area contributed by atoms with Gasteiger partial charge in [0.05, 0.1) is 31.6 Å². The van der Waals surface area contributed by atoms with E-state index in [0.29, 0.717) is 16.9 Å². The zero-order chi connectivity index (χ0) is 26.5. The molecule has 0 unspecified atom stereocenters. The van der Waals surface area contributed by atoms with Gasteiger partial charge in [0, 0.05) is 11.5 Å². The van der Waals surface area contributed by atoms with Gasteiger partial charge in [0.25, 0.3) is 0 Å². The largest absolute Gasteiger partial charge is 0.508 e. The maximum atomic E-state index is 13.4. The van der Waals surface area contributed by atoms with E-state index >= 15 is 0 Å². The van der Waals surface area contributed by atoms with Gasteiger partial charge in [-0.05, 0) is 47.5 Å². The van der Waals surface area contributed by atoms with E-state index in [2.05, 4.69) is 4.74 Å². The summed E-state index contributed by atoms with van der Waals surface area (Å²) in [7, 11) is 2.50. The van der Waals surface area contributed by atoms with E-state index in [0.717, 1.165) is 0 Å². The Morgan fingerprint density at radius 2 is 1.68 bits per heavy atom. The van der Waals surface area contributed by atoms with E-state index in [9.17, 15) is 24.6 Å². The average Bonchev–Trinajstić information content (AvgIpc) is 2.91. The zero-order valence-corrected chi connectivity index (χ0v) is 20.1. The van der Waals surface area contributed by atoms with Gasteiger partial charge in [-0.2, -0.15) is 0 Å². The van der Waals surface area contributed by atoms with Crippen LogP contribution in [0.1, 0.15) is 23.5 Å². The average molecular weight is 504 g/mol. The number of phenolic OH excluding ortho intramolecular Hbond substituents is 2. The van der Waals surface area contributed by atoms with E-state index in [-0.39, 0.29) is 52.1 Å². The Hall–Kier alpha value is -4.79. The van der Waals surface area contributed by atoms with Gasteiger partial charge in [-0.25, -0.2) is 4.79 Å². The van der Waals surface area contributed by atoms with E-state index in [1.165, 1.54) is 44.7 Å². The molecule has 0 amide bonds. The van der Waals surface area contributed by atoms with Crippen LogP contribution in [0, 0.1) is 0 Å². The number of phenols is 2. The van der Waals surface area contributed by atoms with Crippen LogP contribution in [0.15, 0.2) is 76.1 Å². The lowest BCUT2D eigenvalue weighted by Gasteiger charge is -2.20. The summed E-state index contributed by atoms with van der Waals surface area (Å²) >= 11 is 0. The van der Waals surface area contributed by atoms with Crippen molar-refractivity contribution in [3.63, 3.8) is 0 Å². The number of esters is 2. The van der Waals surface area contributed by atoms with Crippen molar-refractivity contribution in [2.45, 2.75) is 12.3 Å². The van der Waals surface area contributed by atoms with Crippen LogP contribution in [0.4, 0.5) is 0 Å². The van der Waals surface area contributed by atoms with Crippen molar-refractivity contribution in [1.82, 2.24) is 0 Å². The Kier molecular flexibility index (Phi) is 7.43. The van der Waals surface area contributed by atoms with E-state index in [4.69, 9.17) is 13.9 Å². The molecule has 9 heteroatoms. The minimum absolute atomic E-state index is 0.0598. The van der Waals surface area contributed by atoms with Crippen LogP contribution >= 0.6 is 0 Å². The van der Waals surface area contributed by atoms with Crippen LogP contribution in [-0.2, 0) is 19.1 Å². The summed E-state index contributed by atoms with van der Waals surface area (Å²) in [4.78, 5) is 37.2.